The van der Waals surface area contributed by atoms with Gasteiger partial charge in [0.05, 0.1) is 22.1 Å². The summed E-state index contributed by atoms with van der Waals surface area (Å²) in [5, 5.41) is 2.80. The molecule has 4 aliphatic carbocycles. The summed E-state index contributed by atoms with van der Waals surface area (Å²) in [6.07, 6.45) is 10.6. The lowest BCUT2D eigenvalue weighted by atomic mass is 9.70. The molecule has 2 heteroatoms. The lowest BCUT2D eigenvalue weighted by molar-refractivity contribution is 0.724. The van der Waals surface area contributed by atoms with E-state index in [1.54, 1.807) is 0 Å². The van der Waals surface area contributed by atoms with Crippen molar-refractivity contribution in [2.24, 2.45) is 0 Å². The number of fused-ring (bicyclic) bond motifs is 13. The Kier molecular flexibility index (Phi) is 11.9. The normalized spacial score (nSPS) is 14.9. The third-order valence-electron chi connectivity index (χ3n) is 19.9. The molecule has 1 heterocycles. The third kappa shape index (κ3) is 7.99. The van der Waals surface area contributed by atoms with Crippen molar-refractivity contribution in [3.05, 3.63) is 312 Å². The zero-order valence-electron chi connectivity index (χ0n) is 47.8. The van der Waals surface area contributed by atoms with Gasteiger partial charge in [-0.3, -0.25) is 0 Å². The Bertz CT molecular complexity index is 4490. The van der Waals surface area contributed by atoms with Gasteiger partial charge in [0, 0.05) is 39.0 Å². The molecule has 0 amide bonds. The first kappa shape index (κ1) is 49.8. The van der Waals surface area contributed by atoms with Crippen LogP contribution >= 0.6 is 0 Å². The Morgan fingerprint density at radius 2 is 0.682 bits per heavy atom. The lowest BCUT2D eigenvalue weighted by Gasteiger charge is -2.33. The van der Waals surface area contributed by atoms with Crippen LogP contribution in [0.2, 0.25) is 0 Å². The topological polar surface area (TPSA) is 8.17 Å². The minimum Gasteiger partial charge on any atom is -0.309 e. The molecule has 2 nitrogen and oxygen atoms in total. The molecule has 0 unspecified atom stereocenters. The number of hydrogen-bond acceptors (Lipinski definition) is 1. The number of nitrogens with zero attached hydrogens (tertiary/aromatic N) is 2. The van der Waals surface area contributed by atoms with Crippen molar-refractivity contribution in [2.75, 3.05) is 4.90 Å². The van der Waals surface area contributed by atoms with Crippen LogP contribution in [-0.2, 0) is 5.41 Å². The molecule has 4 aliphatic rings. The molecule has 12 aromatic carbocycles. The number of hydrogen-bond donors (Lipinski definition) is 0. The smallest absolute Gasteiger partial charge is 0.0726 e. The van der Waals surface area contributed by atoms with Gasteiger partial charge in [-0.1, -0.05) is 244 Å². The SMILES string of the molecule is c1ccc(-c2cccc(-c3ccccc3)c2N(c2ccc(-c3ccc(-c4ccc(-n5c6ccc(C7CCCC7)cc6c6cc(C7CCCC7)ccc65)cc4)cc3)cc2)c2ccc3c(c2)C2(c4ccccc4-c4ccccc42)c2ccccc2-3)cc1. The molecule has 13 aromatic rings. The van der Waals surface area contributed by atoms with E-state index in [1.807, 2.05) is 0 Å². The highest BCUT2D eigenvalue weighted by Gasteiger charge is 2.51. The summed E-state index contributed by atoms with van der Waals surface area (Å²) in [6, 6.07) is 106. The van der Waals surface area contributed by atoms with E-state index in [2.05, 4.69) is 289 Å². The van der Waals surface area contributed by atoms with E-state index in [0.717, 1.165) is 17.1 Å². The molecule has 0 bridgehead atoms. The van der Waals surface area contributed by atoms with Crippen molar-refractivity contribution >= 4 is 38.9 Å². The maximum absolute atomic E-state index is 2.55. The Morgan fingerprint density at radius 1 is 0.294 bits per heavy atom. The predicted octanol–water partition coefficient (Wildman–Crippen LogP) is 22.6. The van der Waals surface area contributed by atoms with Gasteiger partial charge in [0.25, 0.3) is 0 Å². The van der Waals surface area contributed by atoms with E-state index < -0.39 is 5.41 Å². The average Bonchev–Trinajstić information content (AvgIpc) is 1.58. The van der Waals surface area contributed by atoms with E-state index in [0.29, 0.717) is 11.8 Å². The number of para-hydroxylation sites is 1. The Morgan fingerprint density at radius 3 is 1.15 bits per heavy atom. The van der Waals surface area contributed by atoms with Gasteiger partial charge in [0.15, 0.2) is 0 Å². The summed E-state index contributed by atoms with van der Waals surface area (Å²) in [7, 11) is 0. The lowest BCUT2D eigenvalue weighted by Crippen LogP contribution is -2.26. The maximum atomic E-state index is 2.55. The van der Waals surface area contributed by atoms with Gasteiger partial charge in [0.1, 0.15) is 0 Å². The van der Waals surface area contributed by atoms with Crippen LogP contribution < -0.4 is 4.90 Å². The third-order valence-corrected chi connectivity index (χ3v) is 19.9. The van der Waals surface area contributed by atoms with E-state index in [1.165, 1.54) is 179 Å². The summed E-state index contributed by atoms with van der Waals surface area (Å²) in [5.41, 5.74) is 29.7. The summed E-state index contributed by atoms with van der Waals surface area (Å²) < 4.78 is 2.51. The first-order valence-electron chi connectivity index (χ1n) is 31.0. The van der Waals surface area contributed by atoms with Crippen LogP contribution in [0.25, 0.3) is 94.3 Å². The Labute approximate surface area is 499 Å². The maximum Gasteiger partial charge on any atom is 0.0726 e. The van der Waals surface area contributed by atoms with Gasteiger partial charge < -0.3 is 9.47 Å². The Balaban J connectivity index is 0.754. The summed E-state index contributed by atoms with van der Waals surface area (Å²) in [5.74, 6) is 1.37. The number of benzene rings is 12. The van der Waals surface area contributed by atoms with Gasteiger partial charge in [-0.25, -0.2) is 0 Å². The van der Waals surface area contributed by atoms with Crippen molar-refractivity contribution in [3.63, 3.8) is 0 Å². The predicted molar refractivity (Wildman–Crippen MR) is 356 cm³/mol. The molecule has 0 saturated heterocycles. The van der Waals surface area contributed by atoms with E-state index in [-0.39, 0.29) is 0 Å². The summed E-state index contributed by atoms with van der Waals surface area (Å²) in [6.45, 7) is 0. The molecular formula is C83H64N2. The molecular weight excluding hydrogens is 1020 g/mol. The van der Waals surface area contributed by atoms with Crippen molar-refractivity contribution in [2.45, 2.75) is 68.6 Å². The van der Waals surface area contributed by atoms with E-state index in [4.69, 9.17) is 0 Å². The largest absolute Gasteiger partial charge is 0.309 e. The zero-order chi connectivity index (χ0) is 56.0. The first-order valence-corrected chi connectivity index (χ1v) is 31.0. The van der Waals surface area contributed by atoms with Gasteiger partial charge in [0.2, 0.25) is 0 Å². The molecule has 0 N–H and O–H groups in total. The highest BCUT2D eigenvalue weighted by Crippen LogP contribution is 2.64. The number of anilines is 3. The quantitative estimate of drug-likeness (QED) is 0.132. The Hall–Kier alpha value is -9.76. The van der Waals surface area contributed by atoms with Gasteiger partial charge in [-0.2, -0.15) is 0 Å². The standard InChI is InChI=1S/C83H64N2/c1-3-22-61(23-4-1)68-29-17-30-69(62-24-5-2-6-25-62)82(68)84(67-48-49-73-72-28-13-16-33-78(72)83(79(73)54-67)76-31-14-11-26-70(76)71-27-12-15-32-77(71)83)65-44-38-59(39-45-65)57-34-36-58(37-35-57)60-40-46-66(47-41-60)85-80-50-42-63(55-18-7-8-19-55)52-74(80)75-53-64(43-51-81(75)85)56-20-9-10-21-56/h1-6,11-17,22-56H,7-10,18-21H2. The minimum absolute atomic E-state index is 0.482. The second-order valence-corrected chi connectivity index (χ2v) is 24.4. The van der Waals surface area contributed by atoms with Crippen LogP contribution in [0.15, 0.2) is 279 Å². The molecule has 0 radical (unpaired) electrons. The highest BCUT2D eigenvalue weighted by atomic mass is 15.1. The van der Waals surface area contributed by atoms with Crippen LogP contribution in [0.5, 0.6) is 0 Å². The fourth-order valence-corrected chi connectivity index (χ4v) is 15.9. The van der Waals surface area contributed by atoms with E-state index in [9.17, 15) is 0 Å². The second kappa shape index (κ2) is 20.2. The summed E-state index contributed by atoms with van der Waals surface area (Å²) >= 11 is 0. The molecule has 17 rings (SSSR count). The van der Waals surface area contributed by atoms with Crippen molar-refractivity contribution < 1.29 is 0 Å². The van der Waals surface area contributed by atoms with Crippen molar-refractivity contribution in [1.82, 2.24) is 4.57 Å². The van der Waals surface area contributed by atoms with Crippen molar-refractivity contribution in [1.29, 1.82) is 0 Å². The molecule has 0 aliphatic heterocycles. The van der Waals surface area contributed by atoms with Gasteiger partial charge in [-0.05, 0) is 187 Å². The number of rotatable bonds is 10. The van der Waals surface area contributed by atoms with Crippen LogP contribution in [-0.4, -0.2) is 4.57 Å². The molecule has 1 spiro atoms. The molecule has 2 saturated carbocycles. The van der Waals surface area contributed by atoms with Crippen LogP contribution in [0.3, 0.4) is 0 Å². The molecule has 1 aromatic heterocycles. The van der Waals surface area contributed by atoms with E-state index >= 15 is 0 Å². The van der Waals surface area contributed by atoms with Crippen LogP contribution in [0.4, 0.5) is 17.1 Å². The zero-order valence-corrected chi connectivity index (χ0v) is 47.8. The van der Waals surface area contributed by atoms with Crippen LogP contribution in [0, 0.1) is 0 Å². The molecule has 0 atom stereocenters. The molecule has 406 valence electrons. The monoisotopic (exact) mass is 1090 g/mol. The second-order valence-electron chi connectivity index (χ2n) is 24.4. The minimum atomic E-state index is -0.482. The summed E-state index contributed by atoms with van der Waals surface area (Å²) in [4.78, 5) is 2.53. The van der Waals surface area contributed by atoms with Gasteiger partial charge in [-0.15, -0.1) is 0 Å². The van der Waals surface area contributed by atoms with Gasteiger partial charge >= 0.3 is 0 Å². The highest BCUT2D eigenvalue weighted by molar-refractivity contribution is 6.10. The fourth-order valence-electron chi connectivity index (χ4n) is 15.9. The van der Waals surface area contributed by atoms with Crippen LogP contribution in [0.1, 0.15) is 96.6 Å². The average molecular weight is 1090 g/mol. The molecule has 2 fully saturated rings. The molecule has 85 heavy (non-hydrogen) atoms. The first-order chi connectivity index (χ1) is 42.2. The number of aromatic nitrogens is 1. The fraction of sp³-hybridized carbons (Fsp3) is 0.133. The van der Waals surface area contributed by atoms with Crippen molar-refractivity contribution in [3.8, 4) is 72.4 Å².